The summed E-state index contributed by atoms with van der Waals surface area (Å²) in [6.45, 7) is 8.12. The van der Waals surface area contributed by atoms with E-state index >= 15 is 0 Å². The standard InChI is InChI=1S/C40H44N2O7/c1-8-38(43)48-33-14-11-26(20-35(33)47-29-12-9-25(2)10-13-29)19-32-30-23-36(34(44-5)21-27(30)16-18-42(32)4)49-39-31-24-41(3)17-15-28(31)22-37(45-6)40(39)46-7/h8-14,20-23,32H,1,15-19,24H2,2-7H3/t32-/m1/s1. The van der Waals surface area contributed by atoms with Gasteiger partial charge in [0.1, 0.15) is 5.75 Å². The largest absolute Gasteiger partial charge is 0.493 e. The zero-order valence-corrected chi connectivity index (χ0v) is 29.1. The van der Waals surface area contributed by atoms with Crippen molar-refractivity contribution in [3.63, 3.8) is 0 Å². The lowest BCUT2D eigenvalue weighted by Gasteiger charge is -2.35. The van der Waals surface area contributed by atoms with Crippen LogP contribution in [0, 0.1) is 6.92 Å². The van der Waals surface area contributed by atoms with Gasteiger partial charge >= 0.3 is 5.97 Å². The highest BCUT2D eigenvalue weighted by Gasteiger charge is 2.30. The van der Waals surface area contributed by atoms with Crippen molar-refractivity contribution >= 4 is 5.97 Å². The monoisotopic (exact) mass is 664 g/mol. The van der Waals surface area contributed by atoms with Crippen molar-refractivity contribution in [2.24, 2.45) is 0 Å². The Bertz CT molecular complexity index is 1850. The number of nitrogens with zero attached hydrogens (tertiary/aromatic N) is 2. The molecular formula is C40H44N2O7. The van der Waals surface area contributed by atoms with Crippen molar-refractivity contribution in [1.82, 2.24) is 9.80 Å². The van der Waals surface area contributed by atoms with Crippen LogP contribution in [0.3, 0.4) is 0 Å². The number of methoxy groups -OCH3 is 3. The molecule has 0 saturated heterocycles. The van der Waals surface area contributed by atoms with E-state index in [4.69, 9.17) is 28.4 Å². The summed E-state index contributed by atoms with van der Waals surface area (Å²) in [5.41, 5.74) is 6.77. The highest BCUT2D eigenvalue weighted by Crippen LogP contribution is 2.49. The fourth-order valence-corrected chi connectivity index (χ4v) is 6.61. The van der Waals surface area contributed by atoms with E-state index in [0.29, 0.717) is 52.4 Å². The van der Waals surface area contributed by atoms with Crippen molar-refractivity contribution in [3.05, 3.63) is 107 Å². The van der Waals surface area contributed by atoms with Gasteiger partial charge in [0, 0.05) is 37.3 Å². The van der Waals surface area contributed by atoms with Gasteiger partial charge in [0.05, 0.1) is 21.3 Å². The molecule has 0 saturated carbocycles. The van der Waals surface area contributed by atoms with E-state index in [1.165, 1.54) is 11.1 Å². The van der Waals surface area contributed by atoms with E-state index in [-0.39, 0.29) is 6.04 Å². The molecule has 0 spiro atoms. The van der Waals surface area contributed by atoms with Gasteiger partial charge in [-0.3, -0.25) is 4.90 Å². The average Bonchev–Trinajstić information content (AvgIpc) is 3.11. The molecule has 2 heterocycles. The van der Waals surface area contributed by atoms with Crippen LogP contribution in [0.1, 0.15) is 39.4 Å². The van der Waals surface area contributed by atoms with E-state index in [1.54, 1.807) is 27.4 Å². The molecule has 4 aromatic carbocycles. The molecular weight excluding hydrogens is 620 g/mol. The number of rotatable bonds is 11. The Balaban J connectivity index is 1.38. The molecule has 2 aliphatic rings. The first-order chi connectivity index (χ1) is 23.7. The van der Waals surface area contributed by atoms with Crippen LogP contribution in [-0.2, 0) is 30.6 Å². The predicted molar refractivity (Wildman–Crippen MR) is 189 cm³/mol. The molecule has 2 aliphatic heterocycles. The summed E-state index contributed by atoms with van der Waals surface area (Å²) in [6.07, 6.45) is 3.58. The lowest BCUT2D eigenvalue weighted by Crippen LogP contribution is -2.33. The maximum atomic E-state index is 12.2. The minimum absolute atomic E-state index is 0.0260. The SMILES string of the molecule is C=CC(=O)Oc1ccc(C[C@@H]2c3cc(Oc4c5c(cc(OC)c4OC)CCN(C)C5)c(OC)cc3CCN2C)cc1Oc1ccc(C)cc1. The average molecular weight is 665 g/mol. The fourth-order valence-electron chi connectivity index (χ4n) is 6.61. The Kier molecular flexibility index (Phi) is 10.1. The summed E-state index contributed by atoms with van der Waals surface area (Å²) in [5.74, 6) is 3.99. The fraction of sp³-hybridized carbons (Fsp3) is 0.325. The van der Waals surface area contributed by atoms with Crippen LogP contribution >= 0.6 is 0 Å². The van der Waals surface area contributed by atoms with Gasteiger partial charge in [0.2, 0.25) is 5.75 Å². The van der Waals surface area contributed by atoms with Crippen molar-refractivity contribution in [3.8, 4) is 46.0 Å². The summed E-state index contributed by atoms with van der Waals surface area (Å²) in [5, 5.41) is 0. The lowest BCUT2D eigenvalue weighted by molar-refractivity contribution is -0.129. The van der Waals surface area contributed by atoms with Gasteiger partial charge in [-0.2, -0.15) is 0 Å². The summed E-state index contributed by atoms with van der Waals surface area (Å²) < 4.78 is 36.1. The molecule has 1 atom stereocenters. The molecule has 0 unspecified atom stereocenters. The molecule has 0 amide bonds. The number of carbonyl (C=O) groups excluding carboxylic acids is 1. The second kappa shape index (κ2) is 14.6. The normalized spacial score (nSPS) is 15.8. The van der Waals surface area contributed by atoms with Crippen LogP contribution in [0.4, 0.5) is 0 Å². The Hall–Kier alpha value is -4.99. The Labute approximate surface area is 288 Å². The van der Waals surface area contributed by atoms with Crippen LogP contribution in [0.5, 0.6) is 46.0 Å². The zero-order chi connectivity index (χ0) is 34.7. The summed E-state index contributed by atoms with van der Waals surface area (Å²) in [7, 11) is 9.20. The number of carbonyl (C=O) groups is 1. The first-order valence-corrected chi connectivity index (χ1v) is 16.5. The Morgan fingerprint density at radius 3 is 2.22 bits per heavy atom. The van der Waals surface area contributed by atoms with Crippen LogP contribution in [0.25, 0.3) is 0 Å². The highest BCUT2D eigenvalue weighted by molar-refractivity contribution is 5.83. The van der Waals surface area contributed by atoms with Gasteiger partial charge in [-0.25, -0.2) is 4.79 Å². The van der Waals surface area contributed by atoms with Gasteiger partial charge in [-0.15, -0.1) is 0 Å². The molecule has 9 heteroatoms. The van der Waals surface area contributed by atoms with Crippen LogP contribution in [0.15, 0.2) is 73.3 Å². The number of likely N-dealkylation sites (N-methyl/N-ethyl adjacent to an activating group) is 2. The van der Waals surface area contributed by atoms with Gasteiger partial charge in [-0.05, 0) is 105 Å². The molecule has 0 bridgehead atoms. The first kappa shape index (κ1) is 33.9. The van der Waals surface area contributed by atoms with Crippen LogP contribution in [0.2, 0.25) is 0 Å². The van der Waals surface area contributed by atoms with Gasteiger partial charge in [0.25, 0.3) is 0 Å². The maximum absolute atomic E-state index is 12.2. The number of fused-ring (bicyclic) bond motifs is 2. The summed E-state index contributed by atoms with van der Waals surface area (Å²) in [4.78, 5) is 16.8. The predicted octanol–water partition coefficient (Wildman–Crippen LogP) is 7.46. The quantitative estimate of drug-likeness (QED) is 0.0923. The first-order valence-electron chi connectivity index (χ1n) is 16.5. The molecule has 6 rings (SSSR count). The van der Waals surface area contributed by atoms with Crippen molar-refractivity contribution < 1.29 is 33.2 Å². The summed E-state index contributed by atoms with van der Waals surface area (Å²) in [6, 6.07) is 19.7. The van der Waals surface area contributed by atoms with Gasteiger partial charge < -0.3 is 33.3 Å². The minimum Gasteiger partial charge on any atom is -0.493 e. The smallest absolute Gasteiger partial charge is 0.335 e. The Morgan fingerprint density at radius 1 is 0.796 bits per heavy atom. The third kappa shape index (κ3) is 7.23. The third-order valence-electron chi connectivity index (χ3n) is 9.34. The molecule has 0 aromatic heterocycles. The van der Waals surface area contributed by atoms with Crippen LogP contribution < -0.4 is 28.4 Å². The van der Waals surface area contributed by atoms with Crippen molar-refractivity contribution in [2.45, 2.75) is 38.8 Å². The second-order valence-electron chi connectivity index (χ2n) is 12.6. The third-order valence-corrected chi connectivity index (χ3v) is 9.34. The molecule has 0 radical (unpaired) electrons. The molecule has 49 heavy (non-hydrogen) atoms. The molecule has 0 fully saturated rings. The number of hydrogen-bond acceptors (Lipinski definition) is 9. The Morgan fingerprint density at radius 2 is 1.51 bits per heavy atom. The van der Waals surface area contributed by atoms with Crippen LogP contribution in [-0.4, -0.2) is 64.3 Å². The highest BCUT2D eigenvalue weighted by atomic mass is 16.6. The number of ether oxygens (including phenoxy) is 6. The van der Waals surface area contributed by atoms with E-state index in [2.05, 4.69) is 48.7 Å². The molecule has 0 aliphatic carbocycles. The van der Waals surface area contributed by atoms with E-state index < -0.39 is 5.97 Å². The van der Waals surface area contributed by atoms with Gasteiger partial charge in [0.15, 0.2) is 34.5 Å². The van der Waals surface area contributed by atoms with E-state index in [0.717, 1.165) is 60.8 Å². The number of esters is 1. The second-order valence-corrected chi connectivity index (χ2v) is 12.6. The lowest BCUT2D eigenvalue weighted by atomic mass is 9.88. The molecule has 256 valence electrons. The molecule has 9 nitrogen and oxygen atoms in total. The van der Waals surface area contributed by atoms with E-state index in [1.807, 2.05) is 43.3 Å². The number of benzene rings is 4. The van der Waals surface area contributed by atoms with E-state index in [9.17, 15) is 4.79 Å². The minimum atomic E-state index is -0.551. The maximum Gasteiger partial charge on any atom is 0.335 e. The molecule has 4 aromatic rings. The zero-order valence-electron chi connectivity index (χ0n) is 29.1. The van der Waals surface area contributed by atoms with Gasteiger partial charge in [-0.1, -0.05) is 30.3 Å². The molecule has 0 N–H and O–H groups in total. The van der Waals surface area contributed by atoms with Crippen molar-refractivity contribution in [2.75, 3.05) is 48.5 Å². The summed E-state index contributed by atoms with van der Waals surface area (Å²) >= 11 is 0. The number of aryl methyl sites for hydroxylation is 1. The topological polar surface area (TPSA) is 78.9 Å². The number of hydrogen-bond donors (Lipinski definition) is 0. The van der Waals surface area contributed by atoms with Crippen molar-refractivity contribution in [1.29, 1.82) is 0 Å².